The second-order valence-electron chi connectivity index (χ2n) is 4.90. The van der Waals surface area contributed by atoms with Crippen LogP contribution in [0.4, 0.5) is 0 Å². The van der Waals surface area contributed by atoms with Crippen molar-refractivity contribution >= 4 is 0 Å². The molecule has 1 aromatic carbocycles. The molecule has 124 valence electrons. The van der Waals surface area contributed by atoms with Crippen molar-refractivity contribution in [3.63, 3.8) is 0 Å². The fourth-order valence-electron chi connectivity index (χ4n) is 2.39. The SMILES string of the molecule is COc1cc(-c2cc(O)n(-c3ccccn3)n2)cc(OC)c1OC. The fraction of sp³-hybridized carbons (Fsp3) is 0.176. The molecule has 7 heteroatoms. The van der Waals surface area contributed by atoms with E-state index in [9.17, 15) is 5.11 Å². The zero-order chi connectivity index (χ0) is 17.1. The lowest BCUT2D eigenvalue weighted by atomic mass is 10.1. The van der Waals surface area contributed by atoms with Crippen LogP contribution in [-0.2, 0) is 0 Å². The van der Waals surface area contributed by atoms with Gasteiger partial charge in [-0.2, -0.15) is 9.78 Å². The molecule has 0 atom stereocenters. The smallest absolute Gasteiger partial charge is 0.216 e. The number of hydrogen-bond donors (Lipinski definition) is 1. The van der Waals surface area contributed by atoms with Gasteiger partial charge in [0.2, 0.25) is 11.6 Å². The van der Waals surface area contributed by atoms with Crippen molar-refractivity contribution in [1.29, 1.82) is 0 Å². The molecule has 3 rings (SSSR count). The van der Waals surface area contributed by atoms with E-state index in [1.165, 1.54) is 4.68 Å². The molecule has 0 spiro atoms. The van der Waals surface area contributed by atoms with E-state index < -0.39 is 0 Å². The number of pyridine rings is 1. The molecule has 0 unspecified atom stereocenters. The third-order valence-corrected chi connectivity index (χ3v) is 3.52. The Morgan fingerprint density at radius 2 is 1.67 bits per heavy atom. The molecular formula is C17H17N3O4. The standard InChI is InChI=1S/C17H17N3O4/c1-22-13-8-11(9-14(23-2)17(13)24-3)12-10-16(21)20(19-12)15-6-4-5-7-18-15/h4-10,21H,1-3H3. The molecule has 2 heterocycles. The molecule has 7 nitrogen and oxygen atoms in total. The average Bonchev–Trinajstić information content (AvgIpc) is 3.02. The molecule has 0 fully saturated rings. The summed E-state index contributed by atoms with van der Waals surface area (Å²) >= 11 is 0. The molecule has 0 bridgehead atoms. The van der Waals surface area contributed by atoms with E-state index in [2.05, 4.69) is 10.1 Å². The summed E-state index contributed by atoms with van der Waals surface area (Å²) in [6.45, 7) is 0. The van der Waals surface area contributed by atoms with Crippen LogP contribution in [0.1, 0.15) is 0 Å². The molecule has 24 heavy (non-hydrogen) atoms. The first-order valence-corrected chi connectivity index (χ1v) is 7.18. The number of rotatable bonds is 5. The van der Waals surface area contributed by atoms with Crippen LogP contribution in [0.25, 0.3) is 17.1 Å². The summed E-state index contributed by atoms with van der Waals surface area (Å²) in [5, 5.41) is 14.6. The Morgan fingerprint density at radius 1 is 0.958 bits per heavy atom. The van der Waals surface area contributed by atoms with E-state index in [0.29, 0.717) is 28.8 Å². The Bertz CT molecular complexity index is 821. The minimum atomic E-state index is -0.0162. The quantitative estimate of drug-likeness (QED) is 0.776. The van der Waals surface area contributed by atoms with Gasteiger partial charge in [-0.15, -0.1) is 0 Å². The van der Waals surface area contributed by atoms with Crippen LogP contribution in [0.15, 0.2) is 42.6 Å². The van der Waals surface area contributed by atoms with Crippen LogP contribution in [-0.4, -0.2) is 41.2 Å². The van der Waals surface area contributed by atoms with Crippen LogP contribution in [0.3, 0.4) is 0 Å². The maximum Gasteiger partial charge on any atom is 0.216 e. The third kappa shape index (κ3) is 2.71. The number of aromatic hydroxyl groups is 1. The highest BCUT2D eigenvalue weighted by Gasteiger charge is 2.17. The van der Waals surface area contributed by atoms with Gasteiger partial charge in [0, 0.05) is 17.8 Å². The van der Waals surface area contributed by atoms with Gasteiger partial charge in [-0.1, -0.05) is 6.07 Å². The van der Waals surface area contributed by atoms with Gasteiger partial charge in [0.25, 0.3) is 0 Å². The number of benzene rings is 1. The van der Waals surface area contributed by atoms with Gasteiger partial charge in [0.1, 0.15) is 0 Å². The molecule has 0 amide bonds. The number of methoxy groups -OCH3 is 3. The predicted octanol–water partition coefficient (Wildman–Crippen LogP) is 2.67. The predicted molar refractivity (Wildman–Crippen MR) is 88.1 cm³/mol. The number of ether oxygens (including phenoxy) is 3. The Balaban J connectivity index is 2.10. The van der Waals surface area contributed by atoms with Gasteiger partial charge < -0.3 is 19.3 Å². The highest BCUT2D eigenvalue weighted by molar-refractivity contribution is 5.69. The van der Waals surface area contributed by atoms with E-state index in [4.69, 9.17) is 14.2 Å². The molecule has 1 N–H and O–H groups in total. The summed E-state index contributed by atoms with van der Waals surface area (Å²) in [5.74, 6) is 2.03. The number of nitrogens with zero attached hydrogens (tertiary/aromatic N) is 3. The fourth-order valence-corrected chi connectivity index (χ4v) is 2.39. The summed E-state index contributed by atoms with van der Waals surface area (Å²) in [4.78, 5) is 4.18. The summed E-state index contributed by atoms with van der Waals surface area (Å²) < 4.78 is 17.4. The zero-order valence-corrected chi connectivity index (χ0v) is 13.6. The van der Waals surface area contributed by atoms with Gasteiger partial charge in [0.15, 0.2) is 17.3 Å². The van der Waals surface area contributed by atoms with Crippen molar-refractivity contribution in [2.45, 2.75) is 0 Å². The lowest BCUT2D eigenvalue weighted by Crippen LogP contribution is -1.99. The molecule has 0 radical (unpaired) electrons. The largest absolute Gasteiger partial charge is 0.493 e. The van der Waals surface area contributed by atoms with Gasteiger partial charge in [-0.05, 0) is 24.3 Å². The molecule has 0 aliphatic heterocycles. The van der Waals surface area contributed by atoms with E-state index in [-0.39, 0.29) is 5.88 Å². The average molecular weight is 327 g/mol. The molecular weight excluding hydrogens is 310 g/mol. The van der Waals surface area contributed by atoms with Gasteiger partial charge in [-0.25, -0.2) is 4.98 Å². The zero-order valence-electron chi connectivity index (χ0n) is 13.6. The Hall–Kier alpha value is -3.22. The summed E-state index contributed by atoms with van der Waals surface area (Å²) in [6, 6.07) is 10.5. The topological polar surface area (TPSA) is 78.6 Å². The lowest BCUT2D eigenvalue weighted by molar-refractivity contribution is 0.324. The second-order valence-corrected chi connectivity index (χ2v) is 4.90. The number of aromatic nitrogens is 3. The Kier molecular flexibility index (Phi) is 4.24. The molecule has 0 aliphatic rings. The highest BCUT2D eigenvalue weighted by Crippen LogP contribution is 2.41. The van der Waals surface area contributed by atoms with Crippen molar-refractivity contribution in [2.75, 3.05) is 21.3 Å². The van der Waals surface area contributed by atoms with Crippen molar-refractivity contribution in [2.24, 2.45) is 0 Å². The summed E-state index contributed by atoms with van der Waals surface area (Å²) in [5.41, 5.74) is 1.27. The lowest BCUT2D eigenvalue weighted by Gasteiger charge is -2.13. The number of hydrogen-bond acceptors (Lipinski definition) is 6. The minimum absolute atomic E-state index is 0.0162. The van der Waals surface area contributed by atoms with Crippen molar-refractivity contribution in [1.82, 2.24) is 14.8 Å². The molecule has 0 aliphatic carbocycles. The molecule has 3 aromatic rings. The van der Waals surface area contributed by atoms with Crippen molar-refractivity contribution in [3.05, 3.63) is 42.6 Å². The van der Waals surface area contributed by atoms with Crippen LogP contribution in [0.5, 0.6) is 23.1 Å². The maximum atomic E-state index is 10.2. The van der Waals surface area contributed by atoms with E-state index in [1.54, 1.807) is 57.9 Å². The third-order valence-electron chi connectivity index (χ3n) is 3.52. The van der Waals surface area contributed by atoms with E-state index >= 15 is 0 Å². The highest BCUT2D eigenvalue weighted by atomic mass is 16.5. The summed E-state index contributed by atoms with van der Waals surface area (Å²) in [7, 11) is 4.64. The second kappa shape index (κ2) is 6.49. The first kappa shape index (κ1) is 15.7. The van der Waals surface area contributed by atoms with Crippen LogP contribution >= 0.6 is 0 Å². The Morgan fingerprint density at radius 3 is 2.21 bits per heavy atom. The van der Waals surface area contributed by atoms with E-state index in [0.717, 1.165) is 5.56 Å². The van der Waals surface area contributed by atoms with Gasteiger partial charge in [0.05, 0.1) is 27.0 Å². The normalized spacial score (nSPS) is 10.5. The van der Waals surface area contributed by atoms with Crippen LogP contribution in [0, 0.1) is 0 Å². The van der Waals surface area contributed by atoms with E-state index in [1.807, 2.05) is 6.07 Å². The van der Waals surface area contributed by atoms with Crippen molar-refractivity contribution in [3.8, 4) is 40.2 Å². The minimum Gasteiger partial charge on any atom is -0.493 e. The van der Waals surface area contributed by atoms with Gasteiger partial charge in [-0.3, -0.25) is 0 Å². The summed E-state index contributed by atoms with van der Waals surface area (Å²) in [6.07, 6.45) is 1.63. The molecule has 2 aromatic heterocycles. The molecule has 0 saturated heterocycles. The van der Waals surface area contributed by atoms with Crippen LogP contribution in [0.2, 0.25) is 0 Å². The first-order chi connectivity index (χ1) is 11.7. The van der Waals surface area contributed by atoms with Gasteiger partial charge >= 0.3 is 0 Å². The molecule has 0 saturated carbocycles. The Labute approximate surface area is 139 Å². The van der Waals surface area contributed by atoms with Crippen LogP contribution < -0.4 is 14.2 Å². The monoisotopic (exact) mass is 327 g/mol. The first-order valence-electron chi connectivity index (χ1n) is 7.18. The van der Waals surface area contributed by atoms with Crippen molar-refractivity contribution < 1.29 is 19.3 Å². The maximum absolute atomic E-state index is 10.2.